The monoisotopic (exact) mass is 321 g/mol. The number of piperidine rings is 1. The van der Waals surface area contributed by atoms with Crippen LogP contribution in [0.3, 0.4) is 0 Å². The first-order valence-electron chi connectivity index (χ1n) is 7.18. The molecule has 0 unspecified atom stereocenters. The number of hydrogen-bond donors (Lipinski definition) is 0. The average molecular weight is 322 g/mol. The summed E-state index contributed by atoms with van der Waals surface area (Å²) in [5.41, 5.74) is 2.08. The van der Waals surface area contributed by atoms with Crippen molar-refractivity contribution >= 4 is 23.2 Å². The standard InChI is InChI=1S/C16H17Cl2N3/c17-13-9-19-10-14(18)12(13)11-21-8-4-2-6-16(21)15-5-1-3-7-20-15/h1,3,5,7,9-10,16H,2,4,6,8,11H2/t16-/m0/s1. The zero-order valence-electron chi connectivity index (χ0n) is 11.7. The molecular weight excluding hydrogens is 305 g/mol. The number of aromatic nitrogens is 2. The van der Waals surface area contributed by atoms with Crippen molar-refractivity contribution in [2.75, 3.05) is 6.54 Å². The summed E-state index contributed by atoms with van der Waals surface area (Å²) in [6.07, 6.45) is 8.72. The minimum absolute atomic E-state index is 0.334. The van der Waals surface area contributed by atoms with Crippen LogP contribution in [-0.2, 0) is 6.54 Å². The van der Waals surface area contributed by atoms with Gasteiger partial charge in [0.1, 0.15) is 0 Å². The number of halogens is 2. The molecule has 3 nitrogen and oxygen atoms in total. The highest BCUT2D eigenvalue weighted by Gasteiger charge is 2.26. The Bertz CT molecular complexity index is 583. The molecule has 1 atom stereocenters. The summed E-state index contributed by atoms with van der Waals surface area (Å²) in [6, 6.07) is 6.42. The largest absolute Gasteiger partial charge is 0.290 e. The van der Waals surface area contributed by atoms with Crippen LogP contribution in [0.2, 0.25) is 10.0 Å². The van der Waals surface area contributed by atoms with Crippen LogP contribution in [0.25, 0.3) is 0 Å². The van der Waals surface area contributed by atoms with Crippen molar-refractivity contribution in [1.82, 2.24) is 14.9 Å². The first kappa shape index (κ1) is 14.8. The Morgan fingerprint density at radius 1 is 1.14 bits per heavy atom. The fourth-order valence-electron chi connectivity index (χ4n) is 2.88. The van der Waals surface area contributed by atoms with Crippen molar-refractivity contribution in [3.05, 3.63) is 58.1 Å². The minimum Gasteiger partial charge on any atom is -0.290 e. The lowest BCUT2D eigenvalue weighted by molar-refractivity contribution is 0.137. The Morgan fingerprint density at radius 3 is 2.67 bits per heavy atom. The summed E-state index contributed by atoms with van der Waals surface area (Å²) in [5.74, 6) is 0. The van der Waals surface area contributed by atoms with Gasteiger partial charge in [0.25, 0.3) is 0 Å². The van der Waals surface area contributed by atoms with E-state index in [4.69, 9.17) is 23.2 Å². The van der Waals surface area contributed by atoms with Gasteiger partial charge in [-0.2, -0.15) is 0 Å². The van der Waals surface area contributed by atoms with Gasteiger partial charge in [-0.25, -0.2) is 0 Å². The topological polar surface area (TPSA) is 29.0 Å². The smallest absolute Gasteiger partial charge is 0.0649 e. The maximum atomic E-state index is 6.25. The average Bonchev–Trinajstić information content (AvgIpc) is 2.52. The van der Waals surface area contributed by atoms with Gasteiger partial charge in [-0.05, 0) is 31.5 Å². The van der Waals surface area contributed by atoms with Crippen LogP contribution < -0.4 is 0 Å². The number of nitrogens with zero attached hydrogens (tertiary/aromatic N) is 3. The Morgan fingerprint density at radius 2 is 1.95 bits per heavy atom. The molecule has 0 saturated carbocycles. The Hall–Kier alpha value is -1.16. The van der Waals surface area contributed by atoms with E-state index in [9.17, 15) is 0 Å². The van der Waals surface area contributed by atoms with Crippen LogP contribution >= 0.6 is 23.2 Å². The third-order valence-electron chi connectivity index (χ3n) is 3.96. The summed E-state index contributed by atoms with van der Waals surface area (Å²) in [4.78, 5) is 11.0. The number of likely N-dealkylation sites (tertiary alicyclic amines) is 1. The lowest BCUT2D eigenvalue weighted by Crippen LogP contribution is -2.33. The summed E-state index contributed by atoms with van der Waals surface area (Å²) in [5, 5.41) is 1.26. The Balaban J connectivity index is 1.85. The molecule has 1 saturated heterocycles. The molecule has 0 aliphatic carbocycles. The Kier molecular flexibility index (Phi) is 4.73. The number of rotatable bonds is 3. The van der Waals surface area contributed by atoms with E-state index in [2.05, 4.69) is 20.9 Å². The molecule has 3 heterocycles. The van der Waals surface area contributed by atoms with Crippen molar-refractivity contribution < 1.29 is 0 Å². The molecule has 5 heteroatoms. The lowest BCUT2D eigenvalue weighted by Gasteiger charge is -2.35. The first-order chi connectivity index (χ1) is 10.3. The van der Waals surface area contributed by atoms with E-state index in [1.54, 1.807) is 12.4 Å². The van der Waals surface area contributed by atoms with Gasteiger partial charge < -0.3 is 0 Å². The van der Waals surface area contributed by atoms with Gasteiger partial charge in [-0.15, -0.1) is 0 Å². The number of hydrogen-bond acceptors (Lipinski definition) is 3. The molecule has 0 aromatic carbocycles. The molecular formula is C16H17Cl2N3. The fourth-order valence-corrected chi connectivity index (χ4v) is 3.36. The highest BCUT2D eigenvalue weighted by molar-refractivity contribution is 6.35. The summed E-state index contributed by atoms with van der Waals surface area (Å²) in [6.45, 7) is 1.78. The van der Waals surface area contributed by atoms with Crippen LogP contribution in [-0.4, -0.2) is 21.4 Å². The second-order valence-electron chi connectivity index (χ2n) is 5.32. The molecule has 0 radical (unpaired) electrons. The molecule has 110 valence electrons. The summed E-state index contributed by atoms with van der Waals surface area (Å²) in [7, 11) is 0. The van der Waals surface area contributed by atoms with Crippen molar-refractivity contribution in [1.29, 1.82) is 0 Å². The van der Waals surface area contributed by atoms with Crippen molar-refractivity contribution in [2.24, 2.45) is 0 Å². The van der Waals surface area contributed by atoms with Crippen LogP contribution in [0, 0.1) is 0 Å². The van der Waals surface area contributed by atoms with Crippen molar-refractivity contribution in [2.45, 2.75) is 31.8 Å². The Labute approximate surface area is 134 Å². The van der Waals surface area contributed by atoms with E-state index in [1.807, 2.05) is 18.3 Å². The highest BCUT2D eigenvalue weighted by atomic mass is 35.5. The van der Waals surface area contributed by atoms with Crippen molar-refractivity contribution in [3.63, 3.8) is 0 Å². The van der Waals surface area contributed by atoms with Gasteiger partial charge in [0.2, 0.25) is 0 Å². The number of pyridine rings is 2. The molecule has 0 N–H and O–H groups in total. The zero-order chi connectivity index (χ0) is 14.7. The predicted octanol–water partition coefficient (Wildman–Crippen LogP) is 4.51. The predicted molar refractivity (Wildman–Crippen MR) is 85.5 cm³/mol. The van der Waals surface area contributed by atoms with Gasteiger partial charge in [-0.3, -0.25) is 14.9 Å². The molecule has 0 amide bonds. The van der Waals surface area contributed by atoms with Gasteiger partial charge in [0.15, 0.2) is 0 Å². The third-order valence-corrected chi connectivity index (χ3v) is 4.61. The molecule has 1 aliphatic heterocycles. The van der Waals surface area contributed by atoms with Crippen LogP contribution in [0.15, 0.2) is 36.8 Å². The maximum Gasteiger partial charge on any atom is 0.0649 e. The maximum absolute atomic E-state index is 6.25. The molecule has 1 fully saturated rings. The zero-order valence-corrected chi connectivity index (χ0v) is 13.2. The fraction of sp³-hybridized carbons (Fsp3) is 0.375. The lowest BCUT2D eigenvalue weighted by atomic mass is 9.98. The van der Waals surface area contributed by atoms with Crippen LogP contribution in [0.4, 0.5) is 0 Å². The molecule has 2 aromatic heterocycles. The summed E-state index contributed by atoms with van der Waals surface area (Å²) >= 11 is 12.5. The van der Waals surface area contributed by atoms with Crippen LogP contribution in [0.5, 0.6) is 0 Å². The molecule has 3 rings (SSSR count). The first-order valence-corrected chi connectivity index (χ1v) is 7.94. The normalized spacial score (nSPS) is 19.6. The second kappa shape index (κ2) is 6.73. The quantitative estimate of drug-likeness (QED) is 0.832. The van der Waals surface area contributed by atoms with E-state index in [0.717, 1.165) is 30.8 Å². The van der Waals surface area contributed by atoms with Gasteiger partial charge in [0, 0.05) is 30.7 Å². The van der Waals surface area contributed by atoms with Crippen LogP contribution in [0.1, 0.15) is 36.6 Å². The second-order valence-corrected chi connectivity index (χ2v) is 6.13. The third kappa shape index (κ3) is 3.37. The van der Waals surface area contributed by atoms with Crippen molar-refractivity contribution in [3.8, 4) is 0 Å². The van der Waals surface area contributed by atoms with Gasteiger partial charge >= 0.3 is 0 Å². The van der Waals surface area contributed by atoms with E-state index in [1.165, 1.54) is 12.8 Å². The molecule has 0 bridgehead atoms. The van der Waals surface area contributed by atoms with E-state index in [-0.39, 0.29) is 0 Å². The van der Waals surface area contributed by atoms with E-state index in [0.29, 0.717) is 16.1 Å². The minimum atomic E-state index is 0.334. The van der Waals surface area contributed by atoms with E-state index < -0.39 is 0 Å². The SMILES string of the molecule is Clc1cncc(Cl)c1CN1CCCC[C@H]1c1ccccn1. The molecule has 0 spiro atoms. The van der Waals surface area contributed by atoms with Gasteiger partial charge in [0.05, 0.1) is 21.8 Å². The van der Waals surface area contributed by atoms with Gasteiger partial charge in [-0.1, -0.05) is 35.7 Å². The van der Waals surface area contributed by atoms with E-state index >= 15 is 0 Å². The molecule has 2 aromatic rings. The highest BCUT2D eigenvalue weighted by Crippen LogP contribution is 2.33. The molecule has 1 aliphatic rings. The molecule has 21 heavy (non-hydrogen) atoms. The summed E-state index contributed by atoms with van der Waals surface area (Å²) < 4.78 is 0.